The normalized spacial score (nSPS) is 11.2. The summed E-state index contributed by atoms with van der Waals surface area (Å²) in [7, 11) is 0. The molecule has 0 fully saturated rings. The van der Waals surface area contributed by atoms with Gasteiger partial charge in [-0.05, 0) is 73.0 Å². The number of pyridine rings is 1. The Labute approximate surface area is 219 Å². The van der Waals surface area contributed by atoms with Crippen LogP contribution in [0.2, 0.25) is 0 Å². The van der Waals surface area contributed by atoms with Crippen molar-refractivity contribution in [3.8, 4) is 28.0 Å². The fourth-order valence-electron chi connectivity index (χ4n) is 5.25. The molecule has 0 atom stereocenters. The molecule has 0 unspecified atom stereocenters. The van der Waals surface area contributed by atoms with E-state index in [0.717, 1.165) is 54.4 Å². The molecule has 5 aromatic carbocycles. The molecule has 36 heavy (non-hydrogen) atoms. The zero-order valence-electron chi connectivity index (χ0n) is 19.7. The van der Waals surface area contributed by atoms with E-state index in [0.29, 0.717) is 11.1 Å². The van der Waals surface area contributed by atoms with Gasteiger partial charge in [-0.1, -0.05) is 60.7 Å². The van der Waals surface area contributed by atoms with Crippen molar-refractivity contribution in [1.82, 2.24) is 9.97 Å². The van der Waals surface area contributed by atoms with Crippen molar-refractivity contribution < 1.29 is 29.0 Å². The van der Waals surface area contributed by atoms with Crippen molar-refractivity contribution in [2.75, 3.05) is 0 Å². The van der Waals surface area contributed by atoms with Crippen LogP contribution in [0.3, 0.4) is 0 Å². The van der Waals surface area contributed by atoms with Crippen LogP contribution in [-0.2, 0) is 0 Å². The van der Waals surface area contributed by atoms with E-state index in [4.69, 9.17) is 0 Å². The average molecular weight is 456 g/mol. The number of H-pyrrole nitrogens is 1. The van der Waals surface area contributed by atoms with Gasteiger partial charge < -0.3 is 5.11 Å². The van der Waals surface area contributed by atoms with Crippen LogP contribution in [-0.4, -0.2) is 9.97 Å². The standard InChI is InChI=1S/C31H19N3O.Li/c35-31-27(11-10-19-6-4-14-34-30(19)31)29-23-7-2-1-5-20(23)15-28-24-9-3-8-22(21-16-32-18-33-17-21)25(24)12-13-26(28)29;/h1-18,35H;/q;+1. The number of benzene rings is 5. The number of aromatic amines is 1. The molecule has 0 saturated carbocycles. The first-order valence-electron chi connectivity index (χ1n) is 11.5. The molecule has 0 spiro atoms. The van der Waals surface area contributed by atoms with E-state index >= 15 is 0 Å². The van der Waals surface area contributed by atoms with E-state index in [-0.39, 0.29) is 24.6 Å². The minimum atomic E-state index is 0. The molecule has 164 valence electrons. The van der Waals surface area contributed by atoms with E-state index in [1.807, 2.05) is 48.8 Å². The third kappa shape index (κ3) is 3.35. The van der Waals surface area contributed by atoms with Crippen LogP contribution in [0, 0.1) is 0 Å². The molecule has 0 aliphatic rings. The third-order valence-electron chi connectivity index (χ3n) is 6.83. The van der Waals surface area contributed by atoms with Crippen molar-refractivity contribution in [2.24, 2.45) is 0 Å². The van der Waals surface area contributed by atoms with Crippen molar-refractivity contribution in [3.63, 3.8) is 0 Å². The van der Waals surface area contributed by atoms with Gasteiger partial charge >= 0.3 is 18.9 Å². The maximum absolute atomic E-state index is 13.7. The molecule has 0 aliphatic heterocycles. The molecule has 2 heterocycles. The molecule has 0 saturated heterocycles. The quantitative estimate of drug-likeness (QED) is 0.228. The fourth-order valence-corrected chi connectivity index (χ4v) is 5.25. The summed E-state index contributed by atoms with van der Waals surface area (Å²) in [5, 5.41) is 21.2. The molecule has 5 heteroatoms. The first kappa shape index (κ1) is 22.2. The minimum absolute atomic E-state index is 0. The second kappa shape index (κ2) is 8.77. The SMILES string of the molecule is [Li+].[O-]c1c(-c2c3ccccc3cc3c2ccc2c(-c4cncnc4)cccc23)ccc2ccc[nH+]c12. The zero-order valence-corrected chi connectivity index (χ0v) is 19.7. The average Bonchev–Trinajstić information content (AvgIpc) is 2.92. The maximum Gasteiger partial charge on any atom is 1.00 e. The monoisotopic (exact) mass is 456 g/mol. The summed E-state index contributed by atoms with van der Waals surface area (Å²) in [6.45, 7) is 0. The summed E-state index contributed by atoms with van der Waals surface area (Å²) in [5.74, 6) is 0.0102. The van der Waals surface area contributed by atoms with E-state index in [1.165, 1.54) is 0 Å². The predicted octanol–water partition coefficient (Wildman–Crippen LogP) is 3.32. The van der Waals surface area contributed by atoms with Gasteiger partial charge in [0.15, 0.2) is 6.20 Å². The van der Waals surface area contributed by atoms with Crippen LogP contribution in [0.4, 0.5) is 0 Å². The van der Waals surface area contributed by atoms with Crippen LogP contribution in [0.1, 0.15) is 0 Å². The van der Waals surface area contributed by atoms with Gasteiger partial charge in [-0.2, -0.15) is 0 Å². The Bertz CT molecular complexity index is 1920. The number of nitrogens with zero attached hydrogens (tertiary/aromatic N) is 2. The van der Waals surface area contributed by atoms with Gasteiger partial charge in [0.25, 0.3) is 0 Å². The Hall–Kier alpha value is -4.23. The summed E-state index contributed by atoms with van der Waals surface area (Å²) in [6, 6.07) is 29.0. The van der Waals surface area contributed by atoms with Gasteiger partial charge in [0.2, 0.25) is 5.52 Å². The molecule has 0 bridgehead atoms. The van der Waals surface area contributed by atoms with E-state index in [2.05, 4.69) is 63.5 Å². The first-order valence-corrected chi connectivity index (χ1v) is 11.5. The number of hydrogen-bond donors (Lipinski definition) is 0. The first-order chi connectivity index (χ1) is 17.3. The molecule has 1 N–H and O–H groups in total. The number of nitrogens with one attached hydrogen (secondary N) is 1. The number of rotatable bonds is 2. The van der Waals surface area contributed by atoms with Gasteiger partial charge in [-0.3, -0.25) is 0 Å². The molecule has 4 nitrogen and oxygen atoms in total. The Balaban J connectivity index is 0.00000240. The van der Waals surface area contributed by atoms with Gasteiger partial charge in [-0.25, -0.2) is 15.0 Å². The molecule has 0 amide bonds. The van der Waals surface area contributed by atoms with E-state index in [1.54, 1.807) is 12.5 Å². The van der Waals surface area contributed by atoms with Crippen LogP contribution < -0.4 is 29.0 Å². The number of fused-ring (bicyclic) bond motifs is 5. The summed E-state index contributed by atoms with van der Waals surface area (Å²) in [5.41, 5.74) is 4.36. The predicted molar refractivity (Wildman–Crippen MR) is 139 cm³/mol. The van der Waals surface area contributed by atoms with Crippen LogP contribution in [0.5, 0.6) is 5.75 Å². The van der Waals surface area contributed by atoms with Crippen molar-refractivity contribution >= 4 is 43.2 Å². The smallest absolute Gasteiger partial charge is 0.868 e. The van der Waals surface area contributed by atoms with Gasteiger partial charge in [-0.15, -0.1) is 0 Å². The Morgan fingerprint density at radius 2 is 1.39 bits per heavy atom. The molecular formula is C31H19LiN3O+. The van der Waals surface area contributed by atoms with E-state index in [9.17, 15) is 5.11 Å². The third-order valence-corrected chi connectivity index (χ3v) is 6.83. The summed E-state index contributed by atoms with van der Waals surface area (Å²) < 4.78 is 0. The van der Waals surface area contributed by atoms with Crippen LogP contribution in [0.15, 0.2) is 110 Å². The second-order valence-electron chi connectivity index (χ2n) is 8.74. The number of hydrogen-bond acceptors (Lipinski definition) is 3. The minimum Gasteiger partial charge on any atom is -0.868 e. The summed E-state index contributed by atoms with van der Waals surface area (Å²) in [6.07, 6.45) is 7.03. The van der Waals surface area contributed by atoms with Gasteiger partial charge in [0.05, 0.1) is 0 Å². The molecule has 2 aromatic heterocycles. The van der Waals surface area contributed by atoms with Crippen molar-refractivity contribution in [3.05, 3.63) is 110 Å². The Morgan fingerprint density at radius 1 is 0.611 bits per heavy atom. The van der Waals surface area contributed by atoms with Gasteiger partial charge in [0.1, 0.15) is 6.33 Å². The Morgan fingerprint density at radius 3 is 2.28 bits per heavy atom. The fraction of sp³-hybridized carbons (Fsp3) is 0. The van der Waals surface area contributed by atoms with Crippen molar-refractivity contribution in [1.29, 1.82) is 0 Å². The maximum atomic E-state index is 13.7. The summed E-state index contributed by atoms with van der Waals surface area (Å²) >= 11 is 0. The molecule has 0 radical (unpaired) electrons. The molecule has 7 aromatic rings. The number of aromatic nitrogens is 3. The van der Waals surface area contributed by atoms with E-state index < -0.39 is 0 Å². The molecule has 7 rings (SSSR count). The largest absolute Gasteiger partial charge is 1.00 e. The van der Waals surface area contributed by atoms with Gasteiger partial charge in [0, 0.05) is 29.4 Å². The second-order valence-corrected chi connectivity index (χ2v) is 8.74. The van der Waals surface area contributed by atoms with Crippen LogP contribution in [0.25, 0.3) is 65.5 Å². The molecular weight excluding hydrogens is 437 g/mol. The summed E-state index contributed by atoms with van der Waals surface area (Å²) in [4.78, 5) is 11.6. The van der Waals surface area contributed by atoms with Crippen molar-refractivity contribution in [2.45, 2.75) is 0 Å². The topological polar surface area (TPSA) is 63.0 Å². The molecule has 0 aliphatic carbocycles. The van der Waals surface area contributed by atoms with Crippen LogP contribution >= 0.6 is 0 Å². The Kier molecular flexibility index (Phi) is 5.42. The zero-order chi connectivity index (χ0) is 23.4.